The van der Waals surface area contributed by atoms with E-state index in [4.69, 9.17) is 16.3 Å². The highest BCUT2D eigenvalue weighted by Gasteiger charge is 2.24. The maximum absolute atomic E-state index is 6.32. The second-order valence-electron chi connectivity index (χ2n) is 5.43. The fraction of sp³-hybridized carbons (Fsp3) is 1.00. The van der Waals surface area contributed by atoms with Gasteiger partial charge in [-0.3, -0.25) is 0 Å². The van der Waals surface area contributed by atoms with E-state index >= 15 is 0 Å². The molecule has 1 heterocycles. The molecule has 0 radical (unpaired) electrons. The number of unbranched alkanes of at least 4 members (excludes halogenated alkanes) is 3. The summed E-state index contributed by atoms with van der Waals surface area (Å²) in [5.41, 5.74) is 0. The molecule has 0 unspecified atom stereocenters. The summed E-state index contributed by atoms with van der Waals surface area (Å²) in [6.45, 7) is 4.49. The predicted octanol–water partition coefficient (Wildman–Crippen LogP) is 5.30. The molecule has 0 aromatic rings. The average molecular weight is 261 g/mol. The SMILES string of the molecule is CCCCCC[C@H]1CC[C@@H](Cl)C[C@@H](CCC)O1. The Hall–Kier alpha value is 0.250. The van der Waals surface area contributed by atoms with Gasteiger partial charge in [0, 0.05) is 5.38 Å². The van der Waals surface area contributed by atoms with Crippen molar-refractivity contribution >= 4 is 11.6 Å². The molecule has 0 spiro atoms. The Labute approximate surface area is 112 Å². The molecule has 1 nitrogen and oxygen atoms in total. The zero-order valence-corrected chi connectivity index (χ0v) is 12.3. The number of rotatable bonds is 7. The molecular weight excluding hydrogens is 232 g/mol. The van der Waals surface area contributed by atoms with Crippen LogP contribution >= 0.6 is 11.6 Å². The summed E-state index contributed by atoms with van der Waals surface area (Å²) in [5.74, 6) is 0. The van der Waals surface area contributed by atoms with Crippen LogP contribution in [0.15, 0.2) is 0 Å². The molecule has 17 heavy (non-hydrogen) atoms. The third-order valence-electron chi connectivity index (χ3n) is 3.70. The minimum atomic E-state index is 0.340. The van der Waals surface area contributed by atoms with Crippen LogP contribution in [0.2, 0.25) is 0 Å². The molecule has 0 bridgehead atoms. The van der Waals surface area contributed by atoms with Gasteiger partial charge in [0.05, 0.1) is 12.2 Å². The van der Waals surface area contributed by atoms with Gasteiger partial charge in [-0.15, -0.1) is 11.6 Å². The van der Waals surface area contributed by atoms with E-state index in [-0.39, 0.29) is 0 Å². The molecular formula is C15H29ClO. The van der Waals surface area contributed by atoms with E-state index in [1.807, 2.05) is 0 Å². The first-order chi connectivity index (χ1) is 8.26. The lowest BCUT2D eigenvalue weighted by atomic mass is 10.0. The molecule has 0 N–H and O–H groups in total. The van der Waals surface area contributed by atoms with Crippen molar-refractivity contribution in [1.29, 1.82) is 0 Å². The Morgan fingerprint density at radius 3 is 2.47 bits per heavy atom. The highest BCUT2D eigenvalue weighted by atomic mass is 35.5. The van der Waals surface area contributed by atoms with E-state index in [0.29, 0.717) is 17.6 Å². The largest absolute Gasteiger partial charge is 0.375 e. The Bertz CT molecular complexity index is 184. The average Bonchev–Trinajstić information content (AvgIpc) is 2.47. The van der Waals surface area contributed by atoms with Crippen LogP contribution in [0.3, 0.4) is 0 Å². The lowest BCUT2D eigenvalue weighted by molar-refractivity contribution is -0.0173. The van der Waals surface area contributed by atoms with E-state index in [0.717, 1.165) is 12.8 Å². The zero-order valence-electron chi connectivity index (χ0n) is 11.6. The molecule has 102 valence electrons. The molecule has 1 fully saturated rings. The van der Waals surface area contributed by atoms with E-state index in [9.17, 15) is 0 Å². The first-order valence-corrected chi connectivity index (χ1v) is 7.99. The van der Waals surface area contributed by atoms with Gasteiger partial charge in [0.2, 0.25) is 0 Å². The summed E-state index contributed by atoms with van der Waals surface area (Å²) in [6.07, 6.45) is 13.2. The van der Waals surface area contributed by atoms with Crippen molar-refractivity contribution < 1.29 is 4.74 Å². The molecule has 1 rings (SSSR count). The molecule has 0 amide bonds. The van der Waals surface area contributed by atoms with Gasteiger partial charge in [-0.1, -0.05) is 46.0 Å². The van der Waals surface area contributed by atoms with Gasteiger partial charge < -0.3 is 4.74 Å². The molecule has 1 saturated heterocycles. The Kier molecular flexibility index (Phi) is 8.30. The van der Waals surface area contributed by atoms with E-state index in [2.05, 4.69) is 13.8 Å². The van der Waals surface area contributed by atoms with Crippen LogP contribution < -0.4 is 0 Å². The van der Waals surface area contributed by atoms with E-state index in [1.165, 1.54) is 51.4 Å². The molecule has 3 atom stereocenters. The van der Waals surface area contributed by atoms with Crippen molar-refractivity contribution in [3.63, 3.8) is 0 Å². The van der Waals surface area contributed by atoms with Crippen molar-refractivity contribution in [1.82, 2.24) is 0 Å². The normalized spacial score (nSPS) is 30.2. The lowest BCUT2D eigenvalue weighted by Gasteiger charge is -2.21. The smallest absolute Gasteiger partial charge is 0.0592 e. The van der Waals surface area contributed by atoms with E-state index in [1.54, 1.807) is 0 Å². The first kappa shape index (κ1) is 15.3. The highest BCUT2D eigenvalue weighted by Crippen LogP contribution is 2.27. The Morgan fingerprint density at radius 1 is 0.941 bits per heavy atom. The van der Waals surface area contributed by atoms with Crippen molar-refractivity contribution in [3.8, 4) is 0 Å². The van der Waals surface area contributed by atoms with Gasteiger partial charge in [0.15, 0.2) is 0 Å². The summed E-state index contributed by atoms with van der Waals surface area (Å²) in [4.78, 5) is 0. The monoisotopic (exact) mass is 260 g/mol. The minimum Gasteiger partial charge on any atom is -0.375 e. The zero-order chi connectivity index (χ0) is 12.5. The second kappa shape index (κ2) is 9.22. The van der Waals surface area contributed by atoms with Crippen molar-refractivity contribution in [2.45, 2.75) is 95.6 Å². The minimum absolute atomic E-state index is 0.340. The van der Waals surface area contributed by atoms with Gasteiger partial charge in [-0.2, -0.15) is 0 Å². The quantitative estimate of drug-likeness (QED) is 0.446. The van der Waals surface area contributed by atoms with E-state index < -0.39 is 0 Å². The molecule has 0 saturated carbocycles. The summed E-state index contributed by atoms with van der Waals surface area (Å²) < 4.78 is 6.22. The van der Waals surface area contributed by atoms with Crippen LogP contribution in [0, 0.1) is 0 Å². The van der Waals surface area contributed by atoms with Gasteiger partial charge in [-0.25, -0.2) is 0 Å². The molecule has 0 aromatic carbocycles. The second-order valence-corrected chi connectivity index (χ2v) is 6.05. The van der Waals surface area contributed by atoms with Gasteiger partial charge >= 0.3 is 0 Å². The highest BCUT2D eigenvalue weighted by molar-refractivity contribution is 6.20. The van der Waals surface area contributed by atoms with Crippen LogP contribution in [0.1, 0.15) is 78.1 Å². The summed E-state index contributed by atoms with van der Waals surface area (Å²) >= 11 is 6.32. The predicted molar refractivity (Wildman–Crippen MR) is 75.8 cm³/mol. The molecule has 1 aliphatic rings. The van der Waals surface area contributed by atoms with Crippen molar-refractivity contribution in [2.24, 2.45) is 0 Å². The third kappa shape index (κ3) is 6.67. The summed E-state index contributed by atoms with van der Waals surface area (Å²) in [5, 5.41) is 0.340. The topological polar surface area (TPSA) is 9.23 Å². The van der Waals surface area contributed by atoms with Gasteiger partial charge in [0.1, 0.15) is 0 Å². The number of ether oxygens (including phenoxy) is 1. The van der Waals surface area contributed by atoms with Crippen molar-refractivity contribution in [3.05, 3.63) is 0 Å². The van der Waals surface area contributed by atoms with Crippen molar-refractivity contribution in [2.75, 3.05) is 0 Å². The molecule has 0 aromatic heterocycles. The number of hydrogen-bond donors (Lipinski definition) is 0. The van der Waals surface area contributed by atoms with Crippen LogP contribution in [0.5, 0.6) is 0 Å². The van der Waals surface area contributed by atoms with Crippen LogP contribution in [-0.4, -0.2) is 17.6 Å². The maximum atomic E-state index is 6.32. The molecule has 2 heteroatoms. The van der Waals surface area contributed by atoms with Gasteiger partial charge in [-0.05, 0) is 32.1 Å². The first-order valence-electron chi connectivity index (χ1n) is 7.55. The number of hydrogen-bond acceptors (Lipinski definition) is 1. The maximum Gasteiger partial charge on any atom is 0.0592 e. The fourth-order valence-electron chi connectivity index (χ4n) is 2.68. The Balaban J connectivity index is 2.27. The molecule has 0 aliphatic carbocycles. The standard InChI is InChI=1S/C15H29ClO/c1-3-5-6-7-9-14-11-10-13(16)12-15(17-14)8-4-2/h13-15H,3-12H2,1-2H3/t13-,14+,15-/m1/s1. The molecule has 1 aliphatic heterocycles. The third-order valence-corrected chi connectivity index (χ3v) is 4.09. The fourth-order valence-corrected chi connectivity index (χ4v) is 3.01. The lowest BCUT2D eigenvalue weighted by Crippen LogP contribution is -2.20. The van der Waals surface area contributed by atoms with Crippen LogP contribution in [0.25, 0.3) is 0 Å². The van der Waals surface area contributed by atoms with Crippen LogP contribution in [0.4, 0.5) is 0 Å². The van der Waals surface area contributed by atoms with Gasteiger partial charge in [0.25, 0.3) is 0 Å². The summed E-state index contributed by atoms with van der Waals surface area (Å²) in [7, 11) is 0. The number of alkyl halides is 1. The van der Waals surface area contributed by atoms with Crippen LogP contribution in [-0.2, 0) is 4.74 Å². The Morgan fingerprint density at radius 2 is 1.76 bits per heavy atom. The number of halogens is 1. The summed E-state index contributed by atoms with van der Waals surface area (Å²) in [6, 6.07) is 0.